The average molecular weight is 288 g/mol. The SMILES string of the molecule is C[C@@H](N)C1CCC(C(=O)NN2C=CC=C3NCC=C32)CC1. The van der Waals surface area contributed by atoms with Gasteiger partial charge < -0.3 is 11.1 Å². The molecular formula is C16H24N4O. The zero-order valence-electron chi connectivity index (χ0n) is 12.5. The molecule has 1 atom stereocenters. The van der Waals surface area contributed by atoms with E-state index in [0.29, 0.717) is 5.92 Å². The molecule has 5 heteroatoms. The maximum Gasteiger partial charge on any atom is 0.241 e. The molecule has 4 N–H and O–H groups in total. The summed E-state index contributed by atoms with van der Waals surface area (Å²) in [7, 11) is 0. The second kappa shape index (κ2) is 5.93. The average Bonchev–Trinajstić information content (AvgIpc) is 2.97. The van der Waals surface area contributed by atoms with E-state index < -0.39 is 0 Å². The first-order valence-corrected chi connectivity index (χ1v) is 7.83. The molecule has 0 radical (unpaired) electrons. The lowest BCUT2D eigenvalue weighted by atomic mass is 9.79. The summed E-state index contributed by atoms with van der Waals surface area (Å²) < 4.78 is 0. The van der Waals surface area contributed by atoms with Gasteiger partial charge in [-0.1, -0.05) is 0 Å². The molecule has 1 fully saturated rings. The lowest BCUT2D eigenvalue weighted by Gasteiger charge is -2.32. The Labute approximate surface area is 125 Å². The molecule has 0 spiro atoms. The van der Waals surface area contributed by atoms with Crippen molar-refractivity contribution >= 4 is 5.91 Å². The first kappa shape index (κ1) is 14.2. The minimum atomic E-state index is 0.109. The molecule has 0 aromatic carbocycles. The minimum absolute atomic E-state index is 0.109. The number of nitrogens with two attached hydrogens (primary N) is 1. The molecule has 0 aromatic rings. The maximum absolute atomic E-state index is 12.4. The van der Waals surface area contributed by atoms with Crippen molar-refractivity contribution in [3.05, 3.63) is 35.8 Å². The van der Waals surface area contributed by atoms with E-state index in [-0.39, 0.29) is 17.9 Å². The van der Waals surface area contributed by atoms with E-state index >= 15 is 0 Å². The van der Waals surface area contributed by atoms with Crippen LogP contribution in [-0.2, 0) is 4.79 Å². The van der Waals surface area contributed by atoms with Crippen LogP contribution in [0.2, 0.25) is 0 Å². The lowest BCUT2D eigenvalue weighted by molar-refractivity contribution is -0.129. The van der Waals surface area contributed by atoms with Gasteiger partial charge in [-0.3, -0.25) is 15.2 Å². The topological polar surface area (TPSA) is 70.4 Å². The third kappa shape index (κ3) is 2.97. The highest BCUT2D eigenvalue weighted by molar-refractivity contribution is 5.78. The van der Waals surface area contributed by atoms with Crippen LogP contribution < -0.4 is 16.5 Å². The Bertz CT molecular complexity index is 498. The second-order valence-corrected chi connectivity index (χ2v) is 6.21. The molecule has 0 aromatic heterocycles. The highest BCUT2D eigenvalue weighted by atomic mass is 16.2. The van der Waals surface area contributed by atoms with Crippen LogP contribution in [0, 0.1) is 11.8 Å². The lowest BCUT2D eigenvalue weighted by Crippen LogP contribution is -2.44. The van der Waals surface area contributed by atoms with E-state index in [1.165, 1.54) is 0 Å². The van der Waals surface area contributed by atoms with Crippen molar-refractivity contribution < 1.29 is 4.79 Å². The van der Waals surface area contributed by atoms with Gasteiger partial charge in [0.25, 0.3) is 0 Å². The Morgan fingerprint density at radius 2 is 2.19 bits per heavy atom. The number of hydrogen-bond acceptors (Lipinski definition) is 4. The summed E-state index contributed by atoms with van der Waals surface area (Å²) in [6.45, 7) is 2.88. The monoisotopic (exact) mass is 288 g/mol. The molecule has 3 rings (SSSR count). The van der Waals surface area contributed by atoms with Crippen molar-refractivity contribution in [2.24, 2.45) is 17.6 Å². The zero-order valence-corrected chi connectivity index (χ0v) is 12.5. The normalized spacial score (nSPS) is 29.1. The highest BCUT2D eigenvalue weighted by Gasteiger charge is 2.29. The highest BCUT2D eigenvalue weighted by Crippen LogP contribution is 2.30. The molecule has 1 aliphatic carbocycles. The fourth-order valence-corrected chi connectivity index (χ4v) is 3.35. The van der Waals surface area contributed by atoms with Gasteiger partial charge in [0.05, 0.1) is 11.4 Å². The van der Waals surface area contributed by atoms with E-state index in [9.17, 15) is 4.79 Å². The summed E-state index contributed by atoms with van der Waals surface area (Å²) in [4.78, 5) is 12.4. The number of carbonyl (C=O) groups excluding carboxylic acids is 1. The number of nitrogens with one attached hydrogen (secondary N) is 2. The first-order valence-electron chi connectivity index (χ1n) is 7.83. The molecule has 5 nitrogen and oxygen atoms in total. The van der Waals surface area contributed by atoms with Crippen molar-refractivity contribution in [3.63, 3.8) is 0 Å². The third-order valence-corrected chi connectivity index (χ3v) is 4.74. The van der Waals surface area contributed by atoms with Gasteiger partial charge in [0, 0.05) is 24.7 Å². The fourth-order valence-electron chi connectivity index (χ4n) is 3.35. The van der Waals surface area contributed by atoms with Crippen LogP contribution >= 0.6 is 0 Å². The Hall–Kier alpha value is -1.75. The van der Waals surface area contributed by atoms with Gasteiger partial charge >= 0.3 is 0 Å². The van der Waals surface area contributed by atoms with Gasteiger partial charge in [-0.05, 0) is 56.8 Å². The molecule has 2 aliphatic heterocycles. The van der Waals surface area contributed by atoms with E-state index in [1.54, 1.807) is 0 Å². The Morgan fingerprint density at radius 3 is 2.90 bits per heavy atom. The number of carbonyl (C=O) groups is 1. The summed E-state index contributed by atoms with van der Waals surface area (Å²) in [6.07, 6.45) is 11.9. The summed E-state index contributed by atoms with van der Waals surface area (Å²) in [5.74, 6) is 0.801. The van der Waals surface area contributed by atoms with Crippen LogP contribution in [-0.4, -0.2) is 23.5 Å². The van der Waals surface area contributed by atoms with Gasteiger partial charge in [0.1, 0.15) is 0 Å². The number of hydrazine groups is 1. The summed E-state index contributed by atoms with van der Waals surface area (Å²) in [5, 5.41) is 5.10. The quantitative estimate of drug-likeness (QED) is 0.733. The van der Waals surface area contributed by atoms with Crippen LogP contribution in [0.4, 0.5) is 0 Å². The molecule has 2 heterocycles. The van der Waals surface area contributed by atoms with E-state index in [2.05, 4.69) is 23.7 Å². The predicted octanol–water partition coefficient (Wildman–Crippen LogP) is 1.37. The summed E-state index contributed by atoms with van der Waals surface area (Å²) in [5.41, 5.74) is 11.1. The number of rotatable bonds is 3. The van der Waals surface area contributed by atoms with Crippen molar-refractivity contribution in [2.45, 2.75) is 38.6 Å². The Morgan fingerprint density at radius 1 is 1.43 bits per heavy atom. The molecule has 0 saturated heterocycles. The number of hydrogen-bond donors (Lipinski definition) is 3. The van der Waals surface area contributed by atoms with Crippen molar-refractivity contribution in [1.82, 2.24) is 15.8 Å². The van der Waals surface area contributed by atoms with E-state index in [4.69, 9.17) is 5.73 Å². The van der Waals surface area contributed by atoms with Crippen LogP contribution in [0.25, 0.3) is 0 Å². The minimum Gasteiger partial charge on any atom is -0.380 e. The molecule has 1 amide bonds. The largest absolute Gasteiger partial charge is 0.380 e. The molecule has 21 heavy (non-hydrogen) atoms. The summed E-state index contributed by atoms with van der Waals surface area (Å²) in [6, 6.07) is 0.237. The van der Waals surface area contributed by atoms with Gasteiger partial charge in [0.2, 0.25) is 5.91 Å². The van der Waals surface area contributed by atoms with Crippen molar-refractivity contribution in [2.75, 3.05) is 6.54 Å². The fraction of sp³-hybridized carbons (Fsp3) is 0.562. The first-order chi connectivity index (χ1) is 10.1. The smallest absolute Gasteiger partial charge is 0.241 e. The van der Waals surface area contributed by atoms with Crippen LogP contribution in [0.15, 0.2) is 35.8 Å². The number of amides is 1. The van der Waals surface area contributed by atoms with Crippen LogP contribution in [0.3, 0.4) is 0 Å². The van der Waals surface area contributed by atoms with Crippen molar-refractivity contribution in [3.8, 4) is 0 Å². The molecule has 114 valence electrons. The number of nitrogens with zero attached hydrogens (tertiary/aromatic N) is 1. The van der Waals surface area contributed by atoms with Gasteiger partial charge in [-0.15, -0.1) is 0 Å². The predicted molar refractivity (Wildman–Crippen MR) is 82.4 cm³/mol. The van der Waals surface area contributed by atoms with Crippen LogP contribution in [0.1, 0.15) is 32.6 Å². The summed E-state index contributed by atoms with van der Waals surface area (Å²) >= 11 is 0. The molecular weight excluding hydrogens is 264 g/mol. The Kier molecular flexibility index (Phi) is 4.01. The number of fused-ring (bicyclic) bond motifs is 1. The Balaban J connectivity index is 1.56. The van der Waals surface area contributed by atoms with E-state index in [1.807, 2.05) is 23.4 Å². The van der Waals surface area contributed by atoms with E-state index in [0.717, 1.165) is 43.6 Å². The second-order valence-electron chi connectivity index (χ2n) is 6.21. The number of allylic oxidation sites excluding steroid dienone is 2. The standard InChI is InChI=1S/C16H24N4O/c1-11(17)12-4-6-13(7-5-12)16(21)19-20-10-2-3-14-15(20)8-9-18-14/h2-3,8,10-13,18H,4-7,9,17H2,1H3,(H,19,21)/t11-,12?,13?/m1/s1. The van der Waals surface area contributed by atoms with Crippen LogP contribution in [0.5, 0.6) is 0 Å². The van der Waals surface area contributed by atoms with Gasteiger partial charge in [-0.2, -0.15) is 0 Å². The molecule has 3 aliphatic rings. The maximum atomic E-state index is 12.4. The van der Waals surface area contributed by atoms with Crippen molar-refractivity contribution in [1.29, 1.82) is 0 Å². The molecule has 0 bridgehead atoms. The third-order valence-electron chi connectivity index (χ3n) is 4.74. The zero-order chi connectivity index (χ0) is 14.8. The molecule has 0 unspecified atom stereocenters. The van der Waals surface area contributed by atoms with Gasteiger partial charge in [-0.25, -0.2) is 0 Å². The molecule has 1 saturated carbocycles. The van der Waals surface area contributed by atoms with Gasteiger partial charge in [0.15, 0.2) is 0 Å².